The monoisotopic (exact) mass is 366 g/mol. The molecule has 0 aromatic heterocycles. The molecular weight excluding hydrogens is 332 g/mol. The van der Waals surface area contributed by atoms with E-state index in [9.17, 15) is 9.59 Å². The summed E-state index contributed by atoms with van der Waals surface area (Å²) < 4.78 is 12.2. The van der Waals surface area contributed by atoms with Gasteiger partial charge < -0.3 is 9.16 Å². The number of methoxy groups -OCH3 is 1. The second kappa shape index (κ2) is 5.65. The average molecular weight is 367 g/mol. The molecule has 4 nitrogen and oxygen atoms in total. The highest BCUT2D eigenvalue weighted by Crippen LogP contribution is 2.70. The van der Waals surface area contributed by atoms with Crippen molar-refractivity contribution in [2.75, 3.05) is 7.11 Å². The molecular formula is C20H34O4Si. The molecule has 0 aromatic carbocycles. The number of ketones is 1. The van der Waals surface area contributed by atoms with Gasteiger partial charge in [-0.2, -0.15) is 0 Å². The number of fused-ring (bicyclic) bond motifs is 3. The lowest BCUT2D eigenvalue weighted by Crippen LogP contribution is -2.74. The average Bonchev–Trinajstić information content (AvgIpc) is 2.87. The van der Waals surface area contributed by atoms with Gasteiger partial charge in [0.2, 0.25) is 0 Å². The van der Waals surface area contributed by atoms with Gasteiger partial charge in [0, 0.05) is 17.8 Å². The fourth-order valence-electron chi connectivity index (χ4n) is 5.62. The number of hydrogen-bond donors (Lipinski definition) is 0. The molecule has 0 bridgehead atoms. The first-order chi connectivity index (χ1) is 11.4. The van der Waals surface area contributed by atoms with E-state index >= 15 is 0 Å². The van der Waals surface area contributed by atoms with Crippen molar-refractivity contribution in [3.05, 3.63) is 0 Å². The first-order valence-corrected chi connectivity index (χ1v) is 12.6. The van der Waals surface area contributed by atoms with Crippen LogP contribution in [0.2, 0.25) is 18.1 Å². The Bertz CT molecular complexity index is 593. The summed E-state index contributed by atoms with van der Waals surface area (Å²) in [7, 11) is -0.581. The highest BCUT2D eigenvalue weighted by Gasteiger charge is 2.74. The van der Waals surface area contributed by atoms with E-state index in [2.05, 4.69) is 40.8 Å². The SMILES string of the molecule is COC(=O)[C@H]1C[C@@]2(C)[C@@H]3CCC(=O)[C@@H]3CC[C@@]12O[Si](C)(C)C(C)(C)C. The van der Waals surface area contributed by atoms with Crippen LogP contribution in [0.25, 0.3) is 0 Å². The van der Waals surface area contributed by atoms with Crippen LogP contribution in [0.3, 0.4) is 0 Å². The Hall–Kier alpha value is -0.683. The standard InChI is InChI=1S/C20H34O4Si/c1-18(2,3)25(6,7)24-20-11-10-13-14(8-9-16(13)21)19(20,4)12-15(20)17(22)23-5/h13-15H,8-12H2,1-7H3/t13-,14-,15-,19+,20-/m1/s1. The van der Waals surface area contributed by atoms with Crippen LogP contribution in [0.4, 0.5) is 0 Å². The minimum Gasteiger partial charge on any atom is -0.469 e. The Morgan fingerprint density at radius 3 is 2.44 bits per heavy atom. The molecule has 3 aliphatic rings. The molecule has 0 amide bonds. The van der Waals surface area contributed by atoms with Gasteiger partial charge in [0.25, 0.3) is 0 Å². The lowest BCUT2D eigenvalue weighted by Gasteiger charge is -2.69. The van der Waals surface area contributed by atoms with Gasteiger partial charge in [-0.25, -0.2) is 0 Å². The van der Waals surface area contributed by atoms with Crippen LogP contribution in [0.5, 0.6) is 0 Å². The first-order valence-electron chi connectivity index (χ1n) is 9.70. The number of carbonyl (C=O) groups is 2. The molecule has 0 heterocycles. The number of Topliss-reactive ketones (excluding diaryl/α,β-unsaturated/α-hetero) is 1. The zero-order valence-corrected chi connectivity index (χ0v) is 17.9. The van der Waals surface area contributed by atoms with E-state index in [0.29, 0.717) is 18.1 Å². The molecule has 3 rings (SSSR count). The highest BCUT2D eigenvalue weighted by atomic mass is 28.4. The van der Waals surface area contributed by atoms with Gasteiger partial charge in [-0.05, 0) is 49.7 Å². The molecule has 0 spiro atoms. The summed E-state index contributed by atoms with van der Waals surface area (Å²) in [6.45, 7) is 13.5. The largest absolute Gasteiger partial charge is 0.469 e. The second-order valence-electron chi connectivity index (χ2n) is 10.2. The predicted octanol–water partition coefficient (Wildman–Crippen LogP) is 4.34. The van der Waals surface area contributed by atoms with Crippen LogP contribution < -0.4 is 0 Å². The van der Waals surface area contributed by atoms with E-state index in [1.54, 1.807) is 0 Å². The van der Waals surface area contributed by atoms with E-state index in [-0.39, 0.29) is 28.3 Å². The maximum absolute atomic E-state index is 12.5. The molecule has 0 aromatic rings. The molecule has 0 radical (unpaired) electrons. The van der Waals surface area contributed by atoms with Crippen LogP contribution in [-0.2, 0) is 18.8 Å². The van der Waals surface area contributed by atoms with Crippen LogP contribution in [0, 0.1) is 23.2 Å². The maximum Gasteiger partial charge on any atom is 0.311 e. The molecule has 0 N–H and O–H groups in total. The summed E-state index contributed by atoms with van der Waals surface area (Å²) in [5.41, 5.74) is -0.536. The first kappa shape index (κ1) is 19.1. The number of hydrogen-bond acceptors (Lipinski definition) is 4. The smallest absolute Gasteiger partial charge is 0.311 e. The predicted molar refractivity (Wildman–Crippen MR) is 99.7 cm³/mol. The van der Waals surface area contributed by atoms with Gasteiger partial charge in [-0.3, -0.25) is 9.59 Å². The van der Waals surface area contributed by atoms with Crippen molar-refractivity contribution in [2.24, 2.45) is 23.2 Å². The van der Waals surface area contributed by atoms with Crippen molar-refractivity contribution in [1.82, 2.24) is 0 Å². The molecule has 142 valence electrons. The summed E-state index contributed by atoms with van der Waals surface area (Å²) in [5.74, 6) is 0.639. The van der Waals surface area contributed by atoms with Crippen molar-refractivity contribution in [3.8, 4) is 0 Å². The van der Waals surface area contributed by atoms with E-state index < -0.39 is 13.9 Å². The normalized spacial score (nSPS) is 40.9. The van der Waals surface area contributed by atoms with Gasteiger partial charge in [0.1, 0.15) is 5.78 Å². The quantitative estimate of drug-likeness (QED) is 0.551. The number of esters is 1. The Labute approximate surface area is 153 Å². The zero-order valence-electron chi connectivity index (χ0n) is 16.9. The van der Waals surface area contributed by atoms with Crippen LogP contribution in [-0.4, -0.2) is 32.8 Å². The molecule has 3 saturated carbocycles. The van der Waals surface area contributed by atoms with Crippen molar-refractivity contribution in [3.63, 3.8) is 0 Å². The Morgan fingerprint density at radius 2 is 1.88 bits per heavy atom. The minimum atomic E-state index is -2.06. The summed E-state index contributed by atoms with van der Waals surface area (Å²) >= 11 is 0. The van der Waals surface area contributed by atoms with E-state index in [4.69, 9.17) is 9.16 Å². The lowest BCUT2D eigenvalue weighted by molar-refractivity contribution is -0.253. The van der Waals surface area contributed by atoms with Crippen LogP contribution >= 0.6 is 0 Å². The highest BCUT2D eigenvalue weighted by molar-refractivity contribution is 6.74. The molecule has 25 heavy (non-hydrogen) atoms. The van der Waals surface area contributed by atoms with Crippen molar-refractivity contribution < 1.29 is 18.8 Å². The lowest BCUT2D eigenvalue weighted by atomic mass is 9.41. The third kappa shape index (κ3) is 2.48. The van der Waals surface area contributed by atoms with Crippen LogP contribution in [0.1, 0.15) is 59.8 Å². The van der Waals surface area contributed by atoms with Crippen molar-refractivity contribution in [2.45, 2.75) is 83.5 Å². The second-order valence-corrected chi connectivity index (χ2v) is 14.9. The van der Waals surface area contributed by atoms with Gasteiger partial charge >= 0.3 is 5.97 Å². The summed E-state index contributed by atoms with van der Waals surface area (Å²) in [4.78, 5) is 24.9. The third-order valence-corrected chi connectivity index (χ3v) is 12.6. The third-order valence-electron chi connectivity index (χ3n) is 8.13. The zero-order chi connectivity index (χ0) is 18.8. The van der Waals surface area contributed by atoms with Crippen molar-refractivity contribution >= 4 is 20.1 Å². The molecule has 0 saturated heterocycles. The van der Waals surface area contributed by atoms with Gasteiger partial charge in [0.05, 0.1) is 18.6 Å². The van der Waals surface area contributed by atoms with Crippen molar-refractivity contribution in [1.29, 1.82) is 0 Å². The van der Waals surface area contributed by atoms with E-state index in [0.717, 1.165) is 25.7 Å². The Kier molecular flexibility index (Phi) is 4.32. The van der Waals surface area contributed by atoms with Gasteiger partial charge in [-0.1, -0.05) is 27.7 Å². The molecule has 0 unspecified atom stereocenters. The summed E-state index contributed by atoms with van der Waals surface area (Å²) in [5, 5.41) is 0.0846. The van der Waals surface area contributed by atoms with E-state index in [1.807, 2.05) is 0 Å². The minimum absolute atomic E-state index is 0.0846. The Balaban J connectivity index is 2.00. The molecule has 0 aliphatic heterocycles. The molecule has 5 heteroatoms. The molecule has 5 atom stereocenters. The summed E-state index contributed by atoms with van der Waals surface area (Å²) in [6, 6.07) is 0. The molecule has 3 aliphatic carbocycles. The summed E-state index contributed by atoms with van der Waals surface area (Å²) in [6.07, 6.45) is 4.12. The van der Waals surface area contributed by atoms with Gasteiger partial charge in [-0.15, -0.1) is 0 Å². The van der Waals surface area contributed by atoms with Crippen LogP contribution in [0.15, 0.2) is 0 Å². The maximum atomic E-state index is 12.5. The fraction of sp³-hybridized carbons (Fsp3) is 0.900. The molecule has 3 fully saturated rings. The number of carbonyl (C=O) groups excluding carboxylic acids is 2. The number of rotatable bonds is 3. The fourth-order valence-corrected chi connectivity index (χ4v) is 7.31. The van der Waals surface area contributed by atoms with Gasteiger partial charge in [0.15, 0.2) is 8.32 Å². The number of ether oxygens (including phenoxy) is 1. The Morgan fingerprint density at radius 1 is 1.24 bits per heavy atom. The van der Waals surface area contributed by atoms with E-state index in [1.165, 1.54) is 7.11 Å². The topological polar surface area (TPSA) is 52.6 Å².